The summed E-state index contributed by atoms with van der Waals surface area (Å²) < 4.78 is 44.4. The van der Waals surface area contributed by atoms with Crippen molar-refractivity contribution in [2.24, 2.45) is 0 Å². The third-order valence-electron chi connectivity index (χ3n) is 27.8. The van der Waals surface area contributed by atoms with Crippen LogP contribution in [0.3, 0.4) is 0 Å². The molecule has 14 aromatic heterocycles. The second-order valence-electron chi connectivity index (χ2n) is 36.6. The maximum absolute atomic E-state index is 14.3. The second kappa shape index (κ2) is 40.8. The van der Waals surface area contributed by atoms with Gasteiger partial charge in [0.1, 0.15) is 23.6 Å². The molecular weight excluding hydrogens is 1820 g/mol. The van der Waals surface area contributed by atoms with E-state index >= 15 is 0 Å². The zero-order valence-electron chi connectivity index (χ0n) is 78.9. The number of nitrogens with one attached hydrogen (secondary N) is 1. The number of aromatic nitrogens is 16. The highest BCUT2D eigenvalue weighted by Crippen LogP contribution is 2.44. The van der Waals surface area contributed by atoms with Gasteiger partial charge in [0, 0.05) is 170 Å². The lowest BCUT2D eigenvalue weighted by atomic mass is 9.97. The van der Waals surface area contributed by atoms with Crippen molar-refractivity contribution >= 4 is 45.3 Å². The number of aryl methyl sites for hydroxylation is 10. The molecule has 1 N–H and O–H groups in total. The molecule has 5 aliphatic carbocycles. The van der Waals surface area contributed by atoms with E-state index in [1.54, 1.807) is 47.4 Å². The van der Waals surface area contributed by atoms with Crippen LogP contribution in [0.25, 0.3) is 167 Å². The molecule has 0 unspecified atom stereocenters. The van der Waals surface area contributed by atoms with Crippen LogP contribution in [0.5, 0.6) is 11.5 Å². The Kier molecular flexibility index (Phi) is 25.6. The number of ether oxygens (including phenoxy) is 2. The molecule has 0 atom stereocenters. The summed E-state index contributed by atoms with van der Waals surface area (Å²) in [6, 6.07) is 87.2. The molecule has 145 heavy (non-hydrogen) atoms. The smallest absolute Gasteiger partial charge is 0.258 e. The van der Waals surface area contributed by atoms with Crippen LogP contribution in [0.2, 0.25) is 5.02 Å². The molecule has 0 spiro atoms. The van der Waals surface area contributed by atoms with Crippen molar-refractivity contribution in [3.63, 3.8) is 0 Å². The summed E-state index contributed by atoms with van der Waals surface area (Å²) in [5.74, 6) is 0.517. The fourth-order valence-corrected chi connectivity index (χ4v) is 20.8. The van der Waals surface area contributed by atoms with Crippen molar-refractivity contribution in [2.75, 3.05) is 6.79 Å². The number of fused-ring (bicyclic) bond motifs is 10. The maximum atomic E-state index is 14.3. The number of nitrogens with zero attached hydrogens (tertiary/aromatic N) is 16. The van der Waals surface area contributed by atoms with E-state index in [2.05, 4.69) is 221 Å². The third kappa shape index (κ3) is 19.1. The first-order valence-corrected chi connectivity index (χ1v) is 49.1. The van der Waals surface area contributed by atoms with Crippen LogP contribution in [0.15, 0.2) is 365 Å². The quantitative estimate of drug-likeness (QED) is 0.0887. The minimum absolute atomic E-state index is 0.0761. The van der Waals surface area contributed by atoms with Gasteiger partial charge >= 0.3 is 0 Å². The summed E-state index contributed by atoms with van der Waals surface area (Å²) in [6.07, 6.45) is 47.1. The number of imidazole rings is 2. The SMILES string of the molecule is O=c1[nH]cnc2ccc(-c3cccnc3-c3cc(Cl)c(F)cc3F)cc12.[C-]#[N+]c1cnc2ccc(-c3cccnc3-c3ccc4c(c3)CCC4)cn12.c1cnc(-c2ccc3c(c2)CCC3)c(-c2ccc3c(c2)OCO3)c1.c1cnc(-c2ccc3c(c2)CCC3)c(-c2ccc3nccn3c2)c1.c1cnc(-c2ccc3c(c2)CCC3)c(-c2ccc3ncnn3c2)c1.c1cnc(-c2ccc3c(c2)CCC3)c(-c2ccncc2)c1. The van der Waals surface area contributed by atoms with Gasteiger partial charge in [-0.2, -0.15) is 5.10 Å². The zero-order valence-corrected chi connectivity index (χ0v) is 79.6. The van der Waals surface area contributed by atoms with Crippen molar-refractivity contribution in [1.29, 1.82) is 0 Å². The standard InChI is InChI=1S/C22H16N4.C21H17N3.C21H17NO2.C20H16N4.C19H10ClF2N3O.C19H16N2/c1-23-21-13-25-20-10-9-18(14-26(20)21)19-6-3-11-24-22(19)17-8-7-15-4-2-5-16(15)12-17;1-3-15-6-7-17(13-16(15)4-1)21-19(5-2-10-23-21)18-8-9-20-22-11-12-24(20)14-18;1-3-14-6-7-17(11-15(14)4-1)21-18(5-2-10-22-21)16-8-9-19-20(12-16)24-13-23-19;1-3-14-6-7-16(11-15(14)4-1)20-18(5-2-10-21-20)17-8-9-19-22-13-23-24(19)12-17;20-14-7-12(15(21)8-16(14)22)18-11(2-1-5-23-18)10-3-4-17-13(6-10)19(26)25-9-24-17;1-3-14-6-7-17(13-16(14)4-1)19-18(5-2-10-21-19)15-8-11-20-12-9-15/h3,6-14H,2,4-5H2;2,5-14H,1,3-4H2;2,5-12H,1,3-4,13H2;2,5-13H,1,3-4H2;1-9H,(H,24,25,26);2,5-13H,1,3-4H2. The Morgan fingerprint density at radius 3 is 1.27 bits per heavy atom. The Balaban J connectivity index is 0.0000000963. The van der Waals surface area contributed by atoms with E-state index in [-0.39, 0.29) is 16.1 Å². The van der Waals surface area contributed by atoms with Crippen LogP contribution in [0, 0.1) is 18.2 Å². The largest absolute Gasteiger partial charge is 0.454 e. The summed E-state index contributed by atoms with van der Waals surface area (Å²) in [6.45, 7) is 7.61. The predicted molar refractivity (Wildman–Crippen MR) is 566 cm³/mol. The number of hydrogen-bond donors (Lipinski definition) is 1. The van der Waals surface area contributed by atoms with E-state index in [1.807, 2.05) is 145 Å². The van der Waals surface area contributed by atoms with Gasteiger partial charge in [-0.15, -0.1) is 0 Å². The molecule has 20 nitrogen and oxygen atoms in total. The van der Waals surface area contributed by atoms with Crippen LogP contribution >= 0.6 is 11.6 Å². The van der Waals surface area contributed by atoms with Crippen LogP contribution < -0.4 is 15.0 Å². The van der Waals surface area contributed by atoms with Gasteiger partial charge in [0.05, 0.1) is 68.8 Å². The van der Waals surface area contributed by atoms with Crippen molar-refractivity contribution in [2.45, 2.75) is 96.3 Å². The van der Waals surface area contributed by atoms with E-state index < -0.39 is 11.6 Å². The van der Waals surface area contributed by atoms with E-state index in [1.165, 1.54) is 186 Å². The molecule has 22 aromatic rings. The molecule has 6 aliphatic rings. The lowest BCUT2D eigenvalue weighted by Crippen LogP contribution is -2.06. The van der Waals surface area contributed by atoms with Crippen LogP contribution in [-0.4, -0.2) is 85.0 Å². The number of aromatic amines is 1. The Bertz CT molecular complexity index is 8570. The predicted octanol–water partition coefficient (Wildman–Crippen LogP) is 27.1. The first kappa shape index (κ1) is 91.0. The van der Waals surface area contributed by atoms with Gasteiger partial charge in [-0.25, -0.2) is 37.6 Å². The summed E-state index contributed by atoms with van der Waals surface area (Å²) >= 11 is 5.81. The van der Waals surface area contributed by atoms with Crippen LogP contribution in [0.4, 0.5) is 14.6 Å². The molecule has 8 aromatic carbocycles. The number of pyridine rings is 10. The molecule has 704 valence electrons. The molecule has 1 aliphatic heterocycles. The minimum Gasteiger partial charge on any atom is -0.454 e. The summed E-state index contributed by atoms with van der Waals surface area (Å²) in [7, 11) is 0. The number of benzene rings is 8. The molecule has 0 radical (unpaired) electrons. The normalized spacial score (nSPS) is 13.0. The minimum atomic E-state index is -0.839. The van der Waals surface area contributed by atoms with Gasteiger partial charge in [-0.3, -0.25) is 39.7 Å². The van der Waals surface area contributed by atoms with E-state index in [9.17, 15) is 13.6 Å². The topological polar surface area (TPSA) is 224 Å². The summed E-state index contributed by atoms with van der Waals surface area (Å²) in [5, 5.41) is 4.44. The van der Waals surface area contributed by atoms with Gasteiger partial charge in [0.25, 0.3) is 11.4 Å². The van der Waals surface area contributed by atoms with E-state index in [0.29, 0.717) is 40.3 Å². The Labute approximate surface area is 839 Å². The van der Waals surface area contributed by atoms with Gasteiger partial charge in [-0.1, -0.05) is 127 Å². The Hall–Kier alpha value is -17.8. The van der Waals surface area contributed by atoms with Gasteiger partial charge < -0.3 is 23.7 Å². The third-order valence-corrected chi connectivity index (χ3v) is 28.1. The van der Waals surface area contributed by atoms with Crippen molar-refractivity contribution in [1.82, 2.24) is 78.2 Å². The second-order valence-corrected chi connectivity index (χ2v) is 37.0. The van der Waals surface area contributed by atoms with Crippen LogP contribution in [0.1, 0.15) is 87.7 Å². The summed E-state index contributed by atoms with van der Waals surface area (Å²) in [4.78, 5) is 66.7. The monoisotopic (exact) mass is 1920 g/mol. The van der Waals surface area contributed by atoms with Crippen molar-refractivity contribution in [3.05, 3.63) is 454 Å². The van der Waals surface area contributed by atoms with Gasteiger partial charge in [-0.05, 0) is 308 Å². The molecule has 23 heteroatoms. The average molecular weight is 1920 g/mol. The molecule has 0 bridgehead atoms. The fraction of sp³-hybridized carbons (Fsp3) is 0.131. The van der Waals surface area contributed by atoms with Crippen molar-refractivity contribution < 1.29 is 18.3 Å². The van der Waals surface area contributed by atoms with E-state index in [0.717, 1.165) is 131 Å². The van der Waals surface area contributed by atoms with Gasteiger partial charge in [0.15, 0.2) is 17.1 Å². The highest BCUT2D eigenvalue weighted by Gasteiger charge is 2.25. The molecule has 28 rings (SSSR count). The lowest BCUT2D eigenvalue weighted by Gasteiger charge is -2.11. The van der Waals surface area contributed by atoms with Crippen molar-refractivity contribution in [3.8, 4) is 146 Å². The number of H-pyrrole nitrogens is 1. The van der Waals surface area contributed by atoms with Gasteiger partial charge in [0.2, 0.25) is 12.4 Å². The van der Waals surface area contributed by atoms with Crippen LogP contribution in [-0.2, 0) is 64.2 Å². The van der Waals surface area contributed by atoms with E-state index in [4.69, 9.17) is 32.6 Å². The molecule has 0 saturated carbocycles. The molecule has 0 amide bonds. The maximum Gasteiger partial charge on any atom is 0.258 e. The lowest BCUT2D eigenvalue weighted by molar-refractivity contribution is 0.174. The fourth-order valence-electron chi connectivity index (χ4n) is 20.6. The summed E-state index contributed by atoms with van der Waals surface area (Å²) in [5.41, 5.74) is 41.5. The number of hydrogen-bond acceptors (Lipinski definition) is 15. The zero-order chi connectivity index (χ0) is 97.6. The Morgan fingerprint density at radius 2 is 0.759 bits per heavy atom. The first-order chi connectivity index (χ1) is 71.4. The molecule has 0 fully saturated rings. The highest BCUT2D eigenvalue weighted by atomic mass is 35.5. The number of rotatable bonds is 12. The first-order valence-electron chi connectivity index (χ1n) is 48.8. The Morgan fingerprint density at radius 1 is 0.338 bits per heavy atom. The number of halogens is 3. The molecule has 0 saturated heterocycles. The average Bonchev–Trinajstić information content (AvgIpc) is 1.79. The molecular formula is C122H92ClF2N17O3. The molecule has 15 heterocycles. The highest BCUT2D eigenvalue weighted by molar-refractivity contribution is 6.31.